The molecule has 0 radical (unpaired) electrons. The van der Waals surface area contributed by atoms with Gasteiger partial charge < -0.3 is 38.3 Å². The maximum atomic E-state index is 10.9. The first-order chi connectivity index (χ1) is 15.1. The minimum absolute atomic E-state index is 0.0500. The Morgan fingerprint density at radius 1 is 0.969 bits per heavy atom. The molecular formula is C18H38Cl2N8O4. The summed E-state index contributed by atoms with van der Waals surface area (Å²) in [6.45, 7) is 8.86. The van der Waals surface area contributed by atoms with Crippen LogP contribution >= 0.6 is 23.2 Å². The topological polar surface area (TPSA) is 204 Å². The van der Waals surface area contributed by atoms with E-state index in [1.807, 2.05) is 0 Å². The fourth-order valence-electron chi connectivity index (χ4n) is 2.05. The fourth-order valence-corrected chi connectivity index (χ4v) is 2.26. The zero-order valence-corrected chi connectivity index (χ0v) is 20.4. The molecule has 12 nitrogen and oxygen atoms in total. The van der Waals surface area contributed by atoms with E-state index in [1.54, 1.807) is 13.8 Å². The number of carbonyl (C=O) groups is 3. The molecule has 0 fully saturated rings. The maximum absolute atomic E-state index is 10.9. The fraction of sp³-hybridized carbons (Fsp3) is 0.778. The molecule has 0 atom stereocenters. The number of nitrogens with two attached hydrogens (primary N) is 4. The van der Waals surface area contributed by atoms with Crippen LogP contribution in [0.3, 0.4) is 0 Å². The van der Waals surface area contributed by atoms with Gasteiger partial charge in [0, 0.05) is 52.4 Å². The van der Waals surface area contributed by atoms with Crippen LogP contribution in [0.1, 0.15) is 13.8 Å². The van der Waals surface area contributed by atoms with Crippen LogP contribution < -0.4 is 33.6 Å². The minimum atomic E-state index is -0.732. The van der Waals surface area contributed by atoms with Crippen LogP contribution in [-0.2, 0) is 19.1 Å². The lowest BCUT2D eigenvalue weighted by Crippen LogP contribution is -2.39. The average Bonchev–Trinajstić information content (AvgIpc) is 3.03. The van der Waals surface area contributed by atoms with Crippen molar-refractivity contribution in [3.63, 3.8) is 0 Å². The van der Waals surface area contributed by atoms with Crippen LogP contribution in [0.2, 0.25) is 0 Å². The number of halogens is 2. The summed E-state index contributed by atoms with van der Waals surface area (Å²) in [7, 11) is 0. The third-order valence-corrected chi connectivity index (χ3v) is 4.07. The summed E-state index contributed by atoms with van der Waals surface area (Å²) in [5.74, 6) is -0.613. The van der Waals surface area contributed by atoms with E-state index in [9.17, 15) is 14.4 Å². The monoisotopic (exact) mass is 500 g/mol. The Kier molecular flexibility index (Phi) is 20.5. The molecule has 0 aromatic heterocycles. The van der Waals surface area contributed by atoms with Gasteiger partial charge in [-0.2, -0.15) is 0 Å². The molecule has 0 aliphatic carbocycles. The van der Waals surface area contributed by atoms with Gasteiger partial charge in [-0.25, -0.2) is 9.79 Å². The highest BCUT2D eigenvalue weighted by Crippen LogP contribution is 2.18. The van der Waals surface area contributed by atoms with Crippen molar-refractivity contribution in [1.82, 2.24) is 15.5 Å². The zero-order chi connectivity index (χ0) is 25.0. The second kappa shape index (κ2) is 20.1. The van der Waals surface area contributed by atoms with Crippen molar-refractivity contribution in [1.29, 1.82) is 0 Å². The largest absolute Gasteiger partial charge is 0.409 e. The van der Waals surface area contributed by atoms with Crippen LogP contribution in [0.25, 0.3) is 0 Å². The van der Waals surface area contributed by atoms with Crippen LogP contribution in [0, 0.1) is 0 Å². The van der Waals surface area contributed by atoms with Gasteiger partial charge >= 0.3 is 5.97 Å². The van der Waals surface area contributed by atoms with E-state index in [1.165, 1.54) is 0 Å². The van der Waals surface area contributed by atoms with Gasteiger partial charge in [0.05, 0.1) is 12.4 Å². The van der Waals surface area contributed by atoms with Crippen LogP contribution in [-0.4, -0.2) is 105 Å². The first-order valence-electron chi connectivity index (χ1n) is 10.1. The summed E-state index contributed by atoms with van der Waals surface area (Å²) in [6.07, 6.45) is 0. The van der Waals surface area contributed by atoms with Crippen molar-refractivity contribution >= 4 is 46.9 Å². The molecule has 0 unspecified atom stereocenters. The van der Waals surface area contributed by atoms with Gasteiger partial charge in [0.2, 0.25) is 17.7 Å². The second-order valence-corrected chi connectivity index (χ2v) is 7.38. The number of ether oxygens (including phenoxy) is 1. The molecule has 0 aromatic rings. The van der Waals surface area contributed by atoms with Gasteiger partial charge in [-0.1, -0.05) is 0 Å². The van der Waals surface area contributed by atoms with Crippen molar-refractivity contribution in [2.24, 2.45) is 27.9 Å². The number of esters is 1. The van der Waals surface area contributed by atoms with Crippen LogP contribution in [0.15, 0.2) is 4.99 Å². The molecule has 0 bridgehead atoms. The molecule has 10 N–H and O–H groups in total. The van der Waals surface area contributed by atoms with Crippen LogP contribution in [0.5, 0.6) is 0 Å². The minimum Gasteiger partial charge on any atom is -0.409 e. The van der Waals surface area contributed by atoms with Crippen molar-refractivity contribution in [3.05, 3.63) is 0 Å². The average molecular weight is 501 g/mol. The number of nitrogens with one attached hydrogen (secondary N) is 2. The molecule has 188 valence electrons. The lowest BCUT2D eigenvalue weighted by molar-refractivity contribution is -0.137. The van der Waals surface area contributed by atoms with E-state index >= 15 is 0 Å². The van der Waals surface area contributed by atoms with Gasteiger partial charge in [0.15, 0.2) is 5.54 Å². The lowest BCUT2D eigenvalue weighted by Gasteiger charge is -2.18. The molecule has 1 heterocycles. The van der Waals surface area contributed by atoms with Crippen molar-refractivity contribution < 1.29 is 19.1 Å². The smallest absolute Gasteiger partial charge is 0.340 e. The third kappa shape index (κ3) is 17.1. The Bertz CT molecular complexity index is 565. The number of cyclic esters (lactones) is 1. The number of amides is 2. The first-order valence-corrected chi connectivity index (χ1v) is 11.2. The maximum Gasteiger partial charge on any atom is 0.340 e. The molecule has 1 aliphatic rings. The Hall–Kier alpha value is -1.54. The van der Waals surface area contributed by atoms with Crippen molar-refractivity contribution in [2.45, 2.75) is 19.4 Å². The summed E-state index contributed by atoms with van der Waals surface area (Å²) < 4.78 is 4.70. The Morgan fingerprint density at radius 3 is 1.81 bits per heavy atom. The number of hydrogen-bond donors (Lipinski definition) is 6. The number of alkyl halides is 2. The molecule has 1 aliphatic heterocycles. The Labute approximate surface area is 199 Å². The molecule has 0 aromatic carbocycles. The molecule has 2 amide bonds. The molecule has 0 saturated carbocycles. The predicted octanol–water partition coefficient (Wildman–Crippen LogP) is -2.46. The highest BCUT2D eigenvalue weighted by Gasteiger charge is 2.36. The Balaban J connectivity index is 0. The second-order valence-electron chi connectivity index (χ2n) is 6.84. The summed E-state index contributed by atoms with van der Waals surface area (Å²) in [5.41, 5.74) is 20.5. The predicted molar refractivity (Wildman–Crippen MR) is 128 cm³/mol. The highest BCUT2D eigenvalue weighted by atomic mass is 35.5. The van der Waals surface area contributed by atoms with Crippen molar-refractivity contribution in [2.75, 3.05) is 70.7 Å². The molecule has 32 heavy (non-hydrogen) atoms. The SMILES string of the molecule is CC1(C)N=C(CCl)OC1=O.NCCN(CCN)CCN.NCCNC(=O)CNC(=O)CCl. The molecule has 1 rings (SSSR count). The third-order valence-electron chi connectivity index (χ3n) is 3.60. The number of rotatable bonds is 12. The zero-order valence-electron chi connectivity index (χ0n) is 18.9. The molecular weight excluding hydrogens is 463 g/mol. The van der Waals surface area contributed by atoms with Crippen molar-refractivity contribution in [3.8, 4) is 0 Å². The van der Waals surface area contributed by atoms with E-state index in [0.29, 0.717) is 38.6 Å². The number of carbonyl (C=O) groups excluding carboxylic acids is 3. The summed E-state index contributed by atoms with van der Waals surface area (Å²) in [5, 5.41) is 4.81. The molecule has 0 spiro atoms. The lowest BCUT2D eigenvalue weighted by atomic mass is 10.1. The van der Waals surface area contributed by atoms with Gasteiger partial charge in [-0.05, 0) is 13.8 Å². The molecule has 0 saturated heterocycles. The van der Waals surface area contributed by atoms with E-state index in [4.69, 9.17) is 50.9 Å². The number of nitrogens with zero attached hydrogens (tertiary/aromatic N) is 2. The van der Waals surface area contributed by atoms with Gasteiger partial charge in [0.1, 0.15) is 5.88 Å². The van der Waals surface area contributed by atoms with E-state index in [-0.39, 0.29) is 36.1 Å². The first kappa shape index (κ1) is 32.6. The van der Waals surface area contributed by atoms with Gasteiger partial charge in [-0.3, -0.25) is 14.5 Å². The number of hydrogen-bond acceptors (Lipinski definition) is 10. The molecule has 14 heteroatoms. The normalized spacial score (nSPS) is 13.8. The summed E-state index contributed by atoms with van der Waals surface area (Å²) in [4.78, 5) is 38.3. The van der Waals surface area contributed by atoms with E-state index < -0.39 is 5.54 Å². The standard InChI is InChI=1S/C6H12ClN3O2.C6H8ClNO2.C6H18N4/c7-3-5(11)10-4-6(12)9-2-1-8;1-6(2)5(9)10-4(3-7)8-6;7-1-4-10(5-2-8)6-3-9/h1-4,8H2,(H,9,12)(H,10,11);3H2,1-2H3;1-9H2. The number of aliphatic imine (C=N–C) groups is 1. The van der Waals surface area contributed by atoms with Gasteiger partial charge in [0.25, 0.3) is 0 Å². The summed E-state index contributed by atoms with van der Waals surface area (Å²) in [6, 6.07) is 0. The van der Waals surface area contributed by atoms with Crippen LogP contribution in [0.4, 0.5) is 0 Å². The quantitative estimate of drug-likeness (QED) is 0.124. The highest BCUT2D eigenvalue weighted by molar-refractivity contribution is 6.29. The summed E-state index contributed by atoms with van der Waals surface area (Å²) >= 11 is 10.6. The van der Waals surface area contributed by atoms with E-state index in [2.05, 4.69) is 20.5 Å². The van der Waals surface area contributed by atoms with E-state index in [0.717, 1.165) is 19.6 Å². The van der Waals surface area contributed by atoms with Gasteiger partial charge in [-0.15, -0.1) is 23.2 Å². The Morgan fingerprint density at radius 2 is 1.50 bits per heavy atom.